The first kappa shape index (κ1) is 34.7. The summed E-state index contributed by atoms with van der Waals surface area (Å²) in [6.45, 7) is 8.73. The quantitative estimate of drug-likeness (QED) is 0.0814. The van der Waals surface area contributed by atoms with Crippen molar-refractivity contribution in [3.63, 3.8) is 0 Å². The third kappa shape index (κ3) is 6.35. The van der Waals surface area contributed by atoms with Crippen LogP contribution in [0.1, 0.15) is 66.1 Å². The molecule has 0 aliphatic carbocycles. The Kier molecular flexibility index (Phi) is 9.67. The average Bonchev–Trinajstić information content (AvgIpc) is 3.79. The Morgan fingerprint density at radius 2 is 1.23 bits per heavy atom. The number of carbonyl (C=O) groups excluding carboxylic acids is 1. The first-order chi connectivity index (χ1) is 25.2. The number of hydrogen-bond acceptors (Lipinski definition) is 6. The molecule has 0 bridgehead atoms. The second kappa shape index (κ2) is 14.5. The van der Waals surface area contributed by atoms with Crippen LogP contribution in [0.5, 0.6) is 0 Å². The minimum absolute atomic E-state index is 0.292. The molecule has 0 radical (unpaired) electrons. The molecule has 260 valence electrons. The van der Waals surface area contributed by atoms with E-state index in [-0.39, 0.29) is 11.4 Å². The molecule has 1 unspecified atom stereocenters. The van der Waals surface area contributed by atoms with E-state index in [2.05, 4.69) is 144 Å². The number of esters is 1. The number of hydrogen-bond donors (Lipinski definition) is 0. The van der Waals surface area contributed by atoms with Gasteiger partial charge in [-0.1, -0.05) is 170 Å². The van der Waals surface area contributed by atoms with Gasteiger partial charge < -0.3 is 9.30 Å². The van der Waals surface area contributed by atoms with E-state index in [1.165, 1.54) is 0 Å². The molecule has 0 fully saturated rings. The van der Waals surface area contributed by atoms with Crippen LogP contribution >= 0.6 is 9.24 Å². The van der Waals surface area contributed by atoms with Crippen molar-refractivity contribution in [1.82, 2.24) is 29.8 Å². The van der Waals surface area contributed by atoms with Gasteiger partial charge in [-0.25, -0.2) is 14.5 Å². The Hall–Kier alpha value is -5.72. The number of aromatic nitrogens is 6. The van der Waals surface area contributed by atoms with Crippen LogP contribution in [-0.2, 0) is 22.2 Å². The molecule has 0 saturated carbocycles. The van der Waals surface area contributed by atoms with Crippen LogP contribution in [-0.4, -0.2) is 42.3 Å². The lowest BCUT2D eigenvalue weighted by Gasteiger charge is -2.36. The topological polar surface area (TPSA) is 87.7 Å². The van der Waals surface area contributed by atoms with Crippen LogP contribution in [0, 0.1) is 0 Å². The maximum absolute atomic E-state index is 13.2. The van der Waals surface area contributed by atoms with Crippen molar-refractivity contribution in [3.05, 3.63) is 173 Å². The fraction of sp³-hybridized carbons (Fsp3) is 0.186. The summed E-state index contributed by atoms with van der Waals surface area (Å²) in [4.78, 5) is 18.0. The second-order valence-corrected chi connectivity index (χ2v) is 14.2. The van der Waals surface area contributed by atoms with Crippen LogP contribution in [0.15, 0.2) is 140 Å². The molecule has 0 saturated heterocycles. The second-order valence-electron chi connectivity index (χ2n) is 13.7. The Bertz CT molecular complexity index is 2200. The number of nitrogens with zero attached hydrogens (tertiary/aromatic N) is 6. The van der Waals surface area contributed by atoms with E-state index in [0.29, 0.717) is 30.2 Å². The van der Waals surface area contributed by atoms with Crippen molar-refractivity contribution >= 4 is 20.8 Å². The maximum Gasteiger partial charge on any atom is 0.356 e. The van der Waals surface area contributed by atoms with Crippen LogP contribution < -0.4 is 5.57 Å². The zero-order valence-electron chi connectivity index (χ0n) is 29.8. The van der Waals surface area contributed by atoms with Crippen molar-refractivity contribution in [2.24, 2.45) is 0 Å². The first-order valence-corrected chi connectivity index (χ1v) is 18.0. The Morgan fingerprint density at radius 1 is 0.712 bits per heavy atom. The smallest absolute Gasteiger partial charge is 0.356 e. The lowest BCUT2D eigenvalue weighted by Crippen LogP contribution is -2.39. The molecule has 5 aromatic carbocycles. The molecular formula is C43H41N6O2P. The lowest BCUT2D eigenvalue weighted by molar-refractivity contribution is 0.0511. The summed E-state index contributed by atoms with van der Waals surface area (Å²) in [5.74, 6) is 0.269. The zero-order chi connectivity index (χ0) is 36.3. The van der Waals surface area contributed by atoms with Gasteiger partial charge >= 0.3 is 5.97 Å². The zero-order valence-corrected chi connectivity index (χ0v) is 30.9. The van der Waals surface area contributed by atoms with E-state index < -0.39 is 5.54 Å². The number of ether oxygens (including phenoxy) is 1. The van der Waals surface area contributed by atoms with E-state index in [1.54, 1.807) is 0 Å². The Morgan fingerprint density at radius 3 is 1.75 bits per heavy atom. The van der Waals surface area contributed by atoms with Gasteiger partial charge in [0.05, 0.1) is 12.3 Å². The normalized spacial score (nSPS) is 11.8. The molecule has 7 aromatic rings. The molecule has 0 aliphatic rings. The van der Waals surface area contributed by atoms with Gasteiger partial charge in [-0.3, -0.25) is 0 Å². The van der Waals surface area contributed by atoms with Crippen LogP contribution in [0.3, 0.4) is 0 Å². The Balaban J connectivity index is 1.33. The molecule has 0 amide bonds. The van der Waals surface area contributed by atoms with E-state index in [1.807, 2.05) is 46.5 Å². The highest BCUT2D eigenvalue weighted by Crippen LogP contribution is 2.43. The summed E-state index contributed by atoms with van der Waals surface area (Å²) in [5.41, 5.74) is 7.71. The van der Waals surface area contributed by atoms with Gasteiger partial charge in [-0.2, -0.15) is 0 Å². The van der Waals surface area contributed by atoms with Crippen molar-refractivity contribution in [2.75, 3.05) is 6.61 Å². The van der Waals surface area contributed by atoms with Crippen molar-refractivity contribution in [2.45, 2.75) is 45.2 Å². The average molecular weight is 705 g/mol. The molecule has 9 heteroatoms. The van der Waals surface area contributed by atoms with Crippen LogP contribution in [0.2, 0.25) is 0 Å². The summed E-state index contributed by atoms with van der Waals surface area (Å²) < 4.78 is 9.36. The van der Waals surface area contributed by atoms with E-state index in [4.69, 9.17) is 20.0 Å². The SMILES string of the molecule is CCOC(=O)c1c(C(C)(C)C)nc(P)n1Cc1ccc(-c2ccccc2-c2nnnn2C(c2ccccc2)(c2ccccc2)c2ccccc2)cc1. The fourth-order valence-corrected chi connectivity index (χ4v) is 7.30. The predicted molar refractivity (Wildman–Crippen MR) is 209 cm³/mol. The minimum atomic E-state index is -0.872. The van der Waals surface area contributed by atoms with Gasteiger partial charge in [-0.05, 0) is 50.7 Å². The van der Waals surface area contributed by atoms with E-state index >= 15 is 0 Å². The fourth-order valence-electron chi connectivity index (χ4n) is 6.95. The minimum Gasteiger partial charge on any atom is -0.461 e. The first-order valence-electron chi connectivity index (χ1n) is 17.4. The van der Waals surface area contributed by atoms with Gasteiger partial charge in [0.1, 0.15) is 11.1 Å². The molecule has 8 nitrogen and oxygen atoms in total. The van der Waals surface area contributed by atoms with E-state index in [0.717, 1.165) is 44.6 Å². The van der Waals surface area contributed by atoms with Crippen LogP contribution in [0.4, 0.5) is 0 Å². The highest BCUT2D eigenvalue weighted by molar-refractivity contribution is 7.26. The molecule has 7 rings (SSSR count). The molecule has 1 atom stereocenters. The molecule has 0 aliphatic heterocycles. The summed E-state index contributed by atoms with van der Waals surface area (Å²) in [5, 5.41) is 13.8. The van der Waals surface area contributed by atoms with Crippen molar-refractivity contribution < 1.29 is 9.53 Å². The summed E-state index contributed by atoms with van der Waals surface area (Å²) in [6, 6.07) is 47.8. The molecule has 0 spiro atoms. The third-order valence-electron chi connectivity index (χ3n) is 9.31. The van der Waals surface area contributed by atoms with Crippen molar-refractivity contribution in [1.29, 1.82) is 0 Å². The summed E-state index contributed by atoms with van der Waals surface area (Å²) >= 11 is 0. The predicted octanol–water partition coefficient (Wildman–Crippen LogP) is 8.07. The van der Waals surface area contributed by atoms with Crippen molar-refractivity contribution in [3.8, 4) is 22.5 Å². The molecular weight excluding hydrogens is 663 g/mol. The number of imidazole rings is 1. The highest BCUT2D eigenvalue weighted by atomic mass is 31.0. The van der Waals surface area contributed by atoms with Gasteiger partial charge in [0.2, 0.25) is 0 Å². The van der Waals surface area contributed by atoms with E-state index in [9.17, 15) is 4.79 Å². The molecule has 52 heavy (non-hydrogen) atoms. The molecule has 2 heterocycles. The number of tetrazole rings is 1. The highest BCUT2D eigenvalue weighted by Gasteiger charge is 2.42. The lowest BCUT2D eigenvalue weighted by atomic mass is 9.77. The number of benzene rings is 5. The maximum atomic E-state index is 13.2. The standard InChI is InChI=1S/C43H41N6O2P/c1-5-51-40(50)37-38(42(2,3)4)44-41(52)48(37)29-30-25-27-31(28-26-30)35-23-15-16-24-36(35)39-45-46-47-49(39)43(32-17-9-6-10-18-32,33-19-11-7-12-20-33)34-21-13-8-14-22-34/h6-28H,5,29,52H2,1-4H3. The summed E-state index contributed by atoms with van der Waals surface area (Å²) in [7, 11) is 2.68. The van der Waals surface area contributed by atoms with Gasteiger partial charge in [0.15, 0.2) is 11.5 Å². The number of carbonyl (C=O) groups is 1. The molecule has 2 aromatic heterocycles. The number of rotatable bonds is 10. The largest absolute Gasteiger partial charge is 0.461 e. The van der Waals surface area contributed by atoms with Crippen LogP contribution in [0.25, 0.3) is 22.5 Å². The van der Waals surface area contributed by atoms with Gasteiger partial charge in [-0.15, -0.1) is 5.10 Å². The third-order valence-corrected chi connectivity index (χ3v) is 9.75. The Labute approximate surface area is 306 Å². The van der Waals surface area contributed by atoms with Gasteiger partial charge in [0, 0.05) is 17.5 Å². The molecule has 0 N–H and O–H groups in total. The van der Waals surface area contributed by atoms with Gasteiger partial charge in [0.25, 0.3) is 0 Å². The monoisotopic (exact) mass is 704 g/mol. The summed E-state index contributed by atoms with van der Waals surface area (Å²) in [6.07, 6.45) is 0.